The number of methoxy groups -OCH3 is 2. The fourth-order valence-electron chi connectivity index (χ4n) is 2.99. The molecule has 0 saturated carbocycles. The Bertz CT molecular complexity index is 689. The first-order valence-electron chi connectivity index (χ1n) is 7.60. The number of hydrogen-bond donors (Lipinski definition) is 1. The lowest BCUT2D eigenvalue weighted by molar-refractivity contribution is 0.356. The van der Waals surface area contributed by atoms with Gasteiger partial charge in [0.25, 0.3) is 0 Å². The molecule has 118 valence electrons. The van der Waals surface area contributed by atoms with Crippen molar-refractivity contribution >= 4 is 22.7 Å². The molecule has 6 nitrogen and oxygen atoms in total. The first kappa shape index (κ1) is 14.7. The zero-order chi connectivity index (χ0) is 15.7. The maximum Gasteiger partial charge on any atom is 0.228 e. The molecule has 1 aliphatic heterocycles. The van der Waals surface area contributed by atoms with Crippen molar-refractivity contribution in [3.05, 3.63) is 12.1 Å². The highest BCUT2D eigenvalue weighted by molar-refractivity contribution is 5.91. The number of nitrogens with zero attached hydrogens (tertiary/aromatic N) is 3. The molecule has 0 amide bonds. The van der Waals surface area contributed by atoms with Gasteiger partial charge in [-0.15, -0.1) is 0 Å². The van der Waals surface area contributed by atoms with E-state index in [4.69, 9.17) is 20.2 Å². The van der Waals surface area contributed by atoms with Crippen molar-refractivity contribution in [2.45, 2.75) is 32.2 Å². The minimum absolute atomic E-state index is 0.436. The van der Waals surface area contributed by atoms with E-state index in [2.05, 4.69) is 16.8 Å². The van der Waals surface area contributed by atoms with Crippen LogP contribution in [-0.4, -0.2) is 36.8 Å². The van der Waals surface area contributed by atoms with Crippen LogP contribution in [0.4, 0.5) is 11.8 Å². The van der Waals surface area contributed by atoms with Crippen LogP contribution in [0.2, 0.25) is 0 Å². The minimum Gasteiger partial charge on any atom is -0.493 e. The molecule has 0 bridgehead atoms. The Morgan fingerprint density at radius 1 is 1.14 bits per heavy atom. The fourth-order valence-corrected chi connectivity index (χ4v) is 2.99. The van der Waals surface area contributed by atoms with Crippen LogP contribution in [0.3, 0.4) is 0 Å². The Hall–Kier alpha value is -2.24. The summed E-state index contributed by atoms with van der Waals surface area (Å²) < 4.78 is 10.7. The minimum atomic E-state index is 0.436. The topological polar surface area (TPSA) is 73.5 Å². The van der Waals surface area contributed by atoms with Crippen LogP contribution in [0.5, 0.6) is 11.5 Å². The van der Waals surface area contributed by atoms with Crippen LogP contribution in [0.15, 0.2) is 12.1 Å². The molecule has 2 heterocycles. The number of fused-ring (bicyclic) bond motifs is 1. The van der Waals surface area contributed by atoms with E-state index in [9.17, 15) is 0 Å². The van der Waals surface area contributed by atoms with Crippen molar-refractivity contribution in [1.82, 2.24) is 9.97 Å². The first-order valence-corrected chi connectivity index (χ1v) is 7.60. The van der Waals surface area contributed by atoms with Gasteiger partial charge in [0.2, 0.25) is 5.95 Å². The molecular weight excluding hydrogens is 280 g/mol. The number of ether oxygens (including phenoxy) is 2. The number of nitrogen functional groups attached to an aromatic ring is 1. The first-order chi connectivity index (χ1) is 10.6. The number of nitrogens with two attached hydrogens (primary N) is 1. The summed E-state index contributed by atoms with van der Waals surface area (Å²) in [5.41, 5.74) is 6.93. The van der Waals surface area contributed by atoms with E-state index in [-0.39, 0.29) is 0 Å². The Morgan fingerprint density at radius 3 is 2.55 bits per heavy atom. The van der Waals surface area contributed by atoms with Crippen molar-refractivity contribution in [2.24, 2.45) is 0 Å². The third-order valence-corrected chi connectivity index (χ3v) is 4.28. The lowest BCUT2D eigenvalue weighted by Gasteiger charge is -2.33. The molecule has 3 rings (SSSR count). The van der Waals surface area contributed by atoms with Gasteiger partial charge in [0.1, 0.15) is 5.82 Å². The molecule has 2 aromatic rings. The summed E-state index contributed by atoms with van der Waals surface area (Å²) in [5, 5.41) is 0.783. The van der Waals surface area contributed by atoms with E-state index < -0.39 is 0 Å². The van der Waals surface area contributed by atoms with E-state index in [0.29, 0.717) is 29.3 Å². The second-order valence-corrected chi connectivity index (χ2v) is 5.67. The summed E-state index contributed by atoms with van der Waals surface area (Å²) in [5.74, 6) is 2.44. The van der Waals surface area contributed by atoms with Crippen molar-refractivity contribution in [3.8, 4) is 11.5 Å². The van der Waals surface area contributed by atoms with Gasteiger partial charge in [0.15, 0.2) is 11.5 Å². The van der Waals surface area contributed by atoms with Gasteiger partial charge in [-0.25, -0.2) is 4.98 Å². The maximum absolute atomic E-state index is 6.15. The molecular formula is C16H22N4O2. The number of piperidine rings is 1. The van der Waals surface area contributed by atoms with Crippen molar-refractivity contribution < 1.29 is 9.47 Å². The normalized spacial score (nSPS) is 18.5. The highest BCUT2D eigenvalue weighted by Gasteiger charge is 2.22. The Balaban J connectivity index is 2.10. The third kappa shape index (κ3) is 2.49. The van der Waals surface area contributed by atoms with Gasteiger partial charge >= 0.3 is 0 Å². The summed E-state index contributed by atoms with van der Waals surface area (Å²) in [7, 11) is 3.21. The molecule has 0 radical (unpaired) electrons. The summed E-state index contributed by atoms with van der Waals surface area (Å²) in [4.78, 5) is 11.4. The molecule has 1 aromatic heterocycles. The zero-order valence-electron chi connectivity index (χ0n) is 13.3. The number of rotatable bonds is 3. The second kappa shape index (κ2) is 5.87. The van der Waals surface area contributed by atoms with E-state index in [1.165, 1.54) is 6.42 Å². The molecule has 1 unspecified atom stereocenters. The summed E-state index contributed by atoms with van der Waals surface area (Å²) in [6, 6.07) is 4.11. The van der Waals surface area contributed by atoms with Gasteiger partial charge in [-0.2, -0.15) is 4.98 Å². The molecule has 1 saturated heterocycles. The molecule has 6 heteroatoms. The van der Waals surface area contributed by atoms with Crippen LogP contribution in [0.1, 0.15) is 26.2 Å². The van der Waals surface area contributed by atoms with E-state index in [0.717, 1.165) is 30.3 Å². The van der Waals surface area contributed by atoms with Crippen LogP contribution < -0.4 is 20.1 Å². The van der Waals surface area contributed by atoms with Crippen LogP contribution in [-0.2, 0) is 0 Å². The highest BCUT2D eigenvalue weighted by Crippen LogP contribution is 2.34. The zero-order valence-corrected chi connectivity index (χ0v) is 13.3. The predicted molar refractivity (Wildman–Crippen MR) is 87.7 cm³/mol. The largest absolute Gasteiger partial charge is 0.493 e. The predicted octanol–water partition coefficient (Wildman–Crippen LogP) is 2.61. The summed E-state index contributed by atoms with van der Waals surface area (Å²) in [6.07, 6.45) is 3.58. The monoisotopic (exact) mass is 302 g/mol. The lowest BCUT2D eigenvalue weighted by atomic mass is 10.0. The number of benzene rings is 1. The van der Waals surface area contributed by atoms with Gasteiger partial charge in [0, 0.05) is 24.0 Å². The molecule has 1 aromatic carbocycles. The smallest absolute Gasteiger partial charge is 0.228 e. The average Bonchev–Trinajstić information content (AvgIpc) is 2.54. The van der Waals surface area contributed by atoms with Crippen molar-refractivity contribution in [1.29, 1.82) is 0 Å². The molecule has 1 aliphatic rings. The average molecular weight is 302 g/mol. The highest BCUT2D eigenvalue weighted by atomic mass is 16.5. The van der Waals surface area contributed by atoms with Crippen LogP contribution in [0.25, 0.3) is 10.9 Å². The van der Waals surface area contributed by atoms with Gasteiger partial charge in [0.05, 0.1) is 19.7 Å². The Morgan fingerprint density at radius 2 is 1.86 bits per heavy atom. The molecule has 1 fully saturated rings. The van der Waals surface area contributed by atoms with Gasteiger partial charge in [-0.3, -0.25) is 0 Å². The Kier molecular flexibility index (Phi) is 3.92. The molecule has 0 aliphatic carbocycles. The van der Waals surface area contributed by atoms with Gasteiger partial charge in [-0.1, -0.05) is 0 Å². The van der Waals surface area contributed by atoms with Crippen LogP contribution in [0, 0.1) is 0 Å². The maximum atomic E-state index is 6.15. The van der Waals surface area contributed by atoms with E-state index in [1.54, 1.807) is 14.2 Å². The molecule has 22 heavy (non-hydrogen) atoms. The van der Waals surface area contributed by atoms with Crippen LogP contribution >= 0.6 is 0 Å². The molecule has 2 N–H and O–H groups in total. The van der Waals surface area contributed by atoms with E-state index in [1.807, 2.05) is 12.1 Å². The number of aromatic nitrogens is 2. The summed E-state index contributed by atoms with van der Waals surface area (Å²) >= 11 is 0. The summed E-state index contributed by atoms with van der Waals surface area (Å²) in [6.45, 7) is 3.18. The second-order valence-electron chi connectivity index (χ2n) is 5.67. The fraction of sp³-hybridized carbons (Fsp3) is 0.500. The van der Waals surface area contributed by atoms with Gasteiger partial charge in [-0.05, 0) is 32.3 Å². The third-order valence-electron chi connectivity index (χ3n) is 4.28. The number of anilines is 2. The van der Waals surface area contributed by atoms with E-state index >= 15 is 0 Å². The standard InChI is InChI=1S/C16H22N4O2/c1-10-6-4-5-7-20(10)16-18-12-9-14(22-3)13(21-2)8-11(12)15(17)19-16/h8-10H,4-7H2,1-3H3,(H2,17,18,19). The van der Waals surface area contributed by atoms with Crippen molar-refractivity contribution in [3.63, 3.8) is 0 Å². The lowest BCUT2D eigenvalue weighted by Crippen LogP contribution is -2.38. The molecule has 1 atom stereocenters. The Labute approximate surface area is 130 Å². The quantitative estimate of drug-likeness (QED) is 0.939. The SMILES string of the molecule is COc1cc2nc(N3CCCCC3C)nc(N)c2cc1OC. The number of hydrogen-bond acceptors (Lipinski definition) is 6. The van der Waals surface area contributed by atoms with Gasteiger partial charge < -0.3 is 20.1 Å². The van der Waals surface area contributed by atoms with Crippen molar-refractivity contribution in [2.75, 3.05) is 31.4 Å². The molecule has 0 spiro atoms.